The first kappa shape index (κ1) is 14.5. The molecule has 0 aromatic heterocycles. The zero-order valence-corrected chi connectivity index (χ0v) is 13.2. The van der Waals surface area contributed by atoms with Gasteiger partial charge < -0.3 is 0 Å². The van der Waals surface area contributed by atoms with Crippen LogP contribution in [0.2, 0.25) is 5.02 Å². The van der Waals surface area contributed by atoms with Crippen LogP contribution < -0.4 is 11.3 Å². The summed E-state index contributed by atoms with van der Waals surface area (Å²) >= 11 is 9.53. The summed E-state index contributed by atoms with van der Waals surface area (Å²) in [5.41, 5.74) is 7.55. The minimum atomic E-state index is -0.0634. The van der Waals surface area contributed by atoms with E-state index >= 15 is 0 Å². The summed E-state index contributed by atoms with van der Waals surface area (Å²) < 4.78 is 0.948. The molecule has 2 rings (SSSR count). The molecule has 19 heavy (non-hydrogen) atoms. The first-order valence-electron chi connectivity index (χ1n) is 6.01. The molecular formula is C15H16BrClN2. The highest BCUT2D eigenvalue weighted by molar-refractivity contribution is 9.10. The maximum Gasteiger partial charge on any atom is 0.0723 e. The summed E-state index contributed by atoms with van der Waals surface area (Å²) in [6, 6.07) is 12.0. The van der Waals surface area contributed by atoms with Crippen molar-refractivity contribution in [3.05, 3.63) is 68.1 Å². The largest absolute Gasteiger partial charge is 0.271 e. The minimum Gasteiger partial charge on any atom is -0.271 e. The third-order valence-electron chi connectivity index (χ3n) is 3.19. The maximum atomic E-state index is 5.99. The molecule has 1 unspecified atom stereocenters. The van der Waals surface area contributed by atoms with E-state index in [4.69, 9.17) is 17.4 Å². The number of nitrogens with one attached hydrogen (secondary N) is 1. The molecule has 2 nitrogen and oxygen atoms in total. The van der Waals surface area contributed by atoms with E-state index in [-0.39, 0.29) is 6.04 Å². The number of rotatable bonds is 3. The molecule has 0 aliphatic heterocycles. The van der Waals surface area contributed by atoms with E-state index in [2.05, 4.69) is 53.4 Å². The highest BCUT2D eigenvalue weighted by Crippen LogP contribution is 2.32. The van der Waals surface area contributed by atoms with E-state index in [1.54, 1.807) is 0 Å². The van der Waals surface area contributed by atoms with Crippen molar-refractivity contribution in [2.45, 2.75) is 19.9 Å². The van der Waals surface area contributed by atoms with E-state index < -0.39 is 0 Å². The average molecular weight is 340 g/mol. The van der Waals surface area contributed by atoms with Gasteiger partial charge in [-0.25, -0.2) is 5.43 Å². The van der Waals surface area contributed by atoms with Gasteiger partial charge in [0.25, 0.3) is 0 Å². The van der Waals surface area contributed by atoms with Crippen LogP contribution in [0.1, 0.15) is 28.3 Å². The Labute approximate surface area is 127 Å². The van der Waals surface area contributed by atoms with Gasteiger partial charge in [0.15, 0.2) is 0 Å². The Morgan fingerprint density at radius 1 is 1.11 bits per heavy atom. The second kappa shape index (κ2) is 6.06. The highest BCUT2D eigenvalue weighted by atomic mass is 79.9. The van der Waals surface area contributed by atoms with Gasteiger partial charge in [-0.2, -0.15) is 0 Å². The number of hydrogen-bond acceptors (Lipinski definition) is 2. The molecular weight excluding hydrogens is 324 g/mol. The van der Waals surface area contributed by atoms with Crippen LogP contribution in [0.5, 0.6) is 0 Å². The maximum absolute atomic E-state index is 5.99. The monoisotopic (exact) mass is 338 g/mol. The van der Waals surface area contributed by atoms with Gasteiger partial charge in [-0.1, -0.05) is 57.4 Å². The van der Waals surface area contributed by atoms with Crippen LogP contribution in [-0.4, -0.2) is 0 Å². The second-order valence-corrected chi connectivity index (χ2v) is 5.92. The Kier molecular flexibility index (Phi) is 4.63. The van der Waals surface area contributed by atoms with Gasteiger partial charge in [-0.05, 0) is 42.7 Å². The molecule has 0 fully saturated rings. The molecule has 2 aromatic rings. The van der Waals surface area contributed by atoms with Gasteiger partial charge in [0.05, 0.1) is 6.04 Å². The fourth-order valence-corrected chi connectivity index (χ4v) is 3.07. The Morgan fingerprint density at radius 3 is 2.47 bits per heavy atom. The van der Waals surface area contributed by atoms with E-state index in [9.17, 15) is 0 Å². The van der Waals surface area contributed by atoms with Crippen LogP contribution in [0.4, 0.5) is 0 Å². The average Bonchev–Trinajstić information content (AvgIpc) is 2.36. The molecule has 0 amide bonds. The third kappa shape index (κ3) is 3.18. The summed E-state index contributed by atoms with van der Waals surface area (Å²) in [4.78, 5) is 0. The van der Waals surface area contributed by atoms with Gasteiger partial charge in [0.2, 0.25) is 0 Å². The van der Waals surface area contributed by atoms with Crippen LogP contribution >= 0.6 is 27.5 Å². The molecule has 3 N–H and O–H groups in total. The van der Waals surface area contributed by atoms with E-state index in [1.807, 2.05) is 18.2 Å². The van der Waals surface area contributed by atoms with E-state index in [0.717, 1.165) is 10.0 Å². The number of nitrogens with two attached hydrogens (primary N) is 1. The summed E-state index contributed by atoms with van der Waals surface area (Å²) in [7, 11) is 0. The first-order valence-corrected chi connectivity index (χ1v) is 7.18. The summed E-state index contributed by atoms with van der Waals surface area (Å²) in [5.74, 6) is 5.76. The molecule has 0 radical (unpaired) electrons. The molecule has 100 valence electrons. The molecule has 1 atom stereocenters. The van der Waals surface area contributed by atoms with Gasteiger partial charge >= 0.3 is 0 Å². The van der Waals surface area contributed by atoms with Gasteiger partial charge in [-0.3, -0.25) is 5.84 Å². The van der Waals surface area contributed by atoms with Crippen molar-refractivity contribution < 1.29 is 0 Å². The molecule has 0 bridgehead atoms. The Morgan fingerprint density at radius 2 is 1.84 bits per heavy atom. The van der Waals surface area contributed by atoms with Crippen molar-refractivity contribution in [3.8, 4) is 0 Å². The fraction of sp³-hybridized carbons (Fsp3) is 0.200. The van der Waals surface area contributed by atoms with E-state index in [1.165, 1.54) is 16.7 Å². The second-order valence-electron chi connectivity index (χ2n) is 4.63. The summed E-state index contributed by atoms with van der Waals surface area (Å²) in [6.07, 6.45) is 0. The van der Waals surface area contributed by atoms with Crippen molar-refractivity contribution >= 4 is 27.5 Å². The third-order valence-corrected chi connectivity index (χ3v) is 4.11. The van der Waals surface area contributed by atoms with Crippen LogP contribution in [-0.2, 0) is 0 Å². The Balaban J connectivity index is 2.52. The molecule has 0 aliphatic rings. The fourth-order valence-electron chi connectivity index (χ4n) is 2.15. The quantitative estimate of drug-likeness (QED) is 0.647. The first-order chi connectivity index (χ1) is 9.02. The van der Waals surface area contributed by atoms with Crippen molar-refractivity contribution in [3.63, 3.8) is 0 Å². The lowest BCUT2D eigenvalue weighted by Crippen LogP contribution is -2.29. The SMILES string of the molecule is Cc1ccc(C)c(C(NN)c2ccc(Cl)cc2Br)c1. The molecule has 0 aliphatic carbocycles. The predicted molar refractivity (Wildman–Crippen MR) is 84.2 cm³/mol. The van der Waals surface area contributed by atoms with Crippen molar-refractivity contribution in [1.82, 2.24) is 5.43 Å². The van der Waals surface area contributed by atoms with Gasteiger partial charge in [0, 0.05) is 9.50 Å². The number of halogens is 2. The lowest BCUT2D eigenvalue weighted by atomic mass is 9.94. The van der Waals surface area contributed by atoms with Crippen molar-refractivity contribution in [2.75, 3.05) is 0 Å². The van der Waals surface area contributed by atoms with Crippen LogP contribution in [0.15, 0.2) is 40.9 Å². The lowest BCUT2D eigenvalue weighted by molar-refractivity contribution is 0.631. The number of hydrazine groups is 1. The smallest absolute Gasteiger partial charge is 0.0723 e. The van der Waals surface area contributed by atoms with Gasteiger partial charge in [-0.15, -0.1) is 0 Å². The van der Waals surface area contributed by atoms with E-state index in [0.29, 0.717) is 5.02 Å². The molecule has 0 saturated carbocycles. The Hall–Kier alpha value is -0.870. The molecule has 4 heteroatoms. The van der Waals surface area contributed by atoms with Crippen LogP contribution in [0.3, 0.4) is 0 Å². The van der Waals surface area contributed by atoms with Crippen LogP contribution in [0, 0.1) is 13.8 Å². The zero-order valence-electron chi connectivity index (χ0n) is 10.9. The Bertz CT molecular complexity index is 599. The minimum absolute atomic E-state index is 0.0634. The zero-order chi connectivity index (χ0) is 14.0. The molecule has 2 aromatic carbocycles. The van der Waals surface area contributed by atoms with Gasteiger partial charge in [0.1, 0.15) is 0 Å². The summed E-state index contributed by atoms with van der Waals surface area (Å²) in [6.45, 7) is 4.16. The molecule has 0 spiro atoms. The normalized spacial score (nSPS) is 12.5. The number of aryl methyl sites for hydroxylation is 2. The highest BCUT2D eigenvalue weighted by Gasteiger charge is 2.17. The number of hydrogen-bond donors (Lipinski definition) is 2. The standard InChI is InChI=1S/C15H16BrClN2/c1-9-3-4-10(2)13(7-9)15(19-18)12-6-5-11(17)8-14(12)16/h3-8,15,19H,18H2,1-2H3. The van der Waals surface area contributed by atoms with Crippen molar-refractivity contribution in [1.29, 1.82) is 0 Å². The lowest BCUT2D eigenvalue weighted by Gasteiger charge is -2.21. The van der Waals surface area contributed by atoms with Crippen molar-refractivity contribution in [2.24, 2.45) is 5.84 Å². The molecule has 0 heterocycles. The predicted octanol–water partition coefficient (Wildman–Crippen LogP) is 4.27. The number of benzene rings is 2. The van der Waals surface area contributed by atoms with Crippen LogP contribution in [0.25, 0.3) is 0 Å². The topological polar surface area (TPSA) is 38.0 Å². The molecule has 0 saturated heterocycles. The summed E-state index contributed by atoms with van der Waals surface area (Å²) in [5, 5.41) is 0.701.